The van der Waals surface area contributed by atoms with E-state index >= 15 is 0 Å². The van der Waals surface area contributed by atoms with Gasteiger partial charge in [-0.1, -0.05) is 6.07 Å². The first-order chi connectivity index (χ1) is 16.4. The molecule has 0 bridgehead atoms. The zero-order valence-electron chi connectivity index (χ0n) is 19.4. The van der Waals surface area contributed by atoms with Crippen molar-refractivity contribution in [2.75, 3.05) is 25.5 Å². The van der Waals surface area contributed by atoms with Gasteiger partial charge in [0.15, 0.2) is 5.03 Å². The molecule has 2 N–H and O–H groups in total. The summed E-state index contributed by atoms with van der Waals surface area (Å²) in [4.78, 5) is 13.2. The van der Waals surface area contributed by atoms with Crippen LogP contribution in [0, 0.1) is 6.92 Å². The van der Waals surface area contributed by atoms with Gasteiger partial charge in [-0.25, -0.2) is 23.4 Å². The molecule has 11 heteroatoms. The molecule has 5 rings (SSSR count). The van der Waals surface area contributed by atoms with Gasteiger partial charge in [-0.2, -0.15) is 9.40 Å². The minimum Gasteiger partial charge on any atom is -0.351 e. The number of piperidine rings is 1. The highest BCUT2D eigenvalue weighted by Gasteiger charge is 2.31. The van der Waals surface area contributed by atoms with E-state index in [9.17, 15) is 8.42 Å². The molecule has 10 nitrogen and oxygen atoms in total. The third-order valence-electron chi connectivity index (χ3n) is 6.77. The van der Waals surface area contributed by atoms with Gasteiger partial charge < -0.3 is 10.6 Å². The molecule has 0 radical (unpaired) electrons. The molecule has 0 amide bonds. The summed E-state index contributed by atoms with van der Waals surface area (Å²) in [6, 6.07) is 6.03. The van der Waals surface area contributed by atoms with Gasteiger partial charge in [-0.3, -0.25) is 4.68 Å². The van der Waals surface area contributed by atoms with Gasteiger partial charge >= 0.3 is 0 Å². The Labute approximate surface area is 199 Å². The van der Waals surface area contributed by atoms with Crippen LogP contribution in [0.5, 0.6) is 0 Å². The third kappa shape index (κ3) is 4.55. The van der Waals surface area contributed by atoms with Gasteiger partial charge in [-0.05, 0) is 57.4 Å². The van der Waals surface area contributed by atoms with Gasteiger partial charge in [0, 0.05) is 49.3 Å². The molecule has 3 aromatic rings. The second-order valence-electron chi connectivity index (χ2n) is 9.04. The van der Waals surface area contributed by atoms with Crippen LogP contribution in [0.3, 0.4) is 0 Å². The molecular formula is C23H30N8O2S. The summed E-state index contributed by atoms with van der Waals surface area (Å²) >= 11 is 0. The van der Waals surface area contributed by atoms with Gasteiger partial charge in [-0.15, -0.1) is 0 Å². The number of aryl methyl sites for hydroxylation is 1. The van der Waals surface area contributed by atoms with Crippen LogP contribution in [0.25, 0.3) is 11.3 Å². The highest BCUT2D eigenvalue weighted by atomic mass is 32.2. The summed E-state index contributed by atoms with van der Waals surface area (Å²) in [6.45, 7) is 2.85. The molecule has 1 saturated carbocycles. The molecule has 34 heavy (non-hydrogen) atoms. The van der Waals surface area contributed by atoms with E-state index in [-0.39, 0.29) is 11.1 Å². The zero-order valence-corrected chi connectivity index (χ0v) is 20.2. The van der Waals surface area contributed by atoms with Crippen molar-refractivity contribution in [2.45, 2.75) is 55.8 Å². The highest BCUT2D eigenvalue weighted by molar-refractivity contribution is 7.89. The number of aromatic nitrogens is 5. The molecular weight excluding hydrogens is 452 g/mol. The van der Waals surface area contributed by atoms with Crippen LogP contribution in [-0.2, 0) is 10.0 Å². The molecule has 0 aromatic carbocycles. The minimum atomic E-state index is -3.56. The van der Waals surface area contributed by atoms with Crippen molar-refractivity contribution in [1.82, 2.24) is 34.4 Å². The maximum Gasteiger partial charge on any atom is 0.260 e. The van der Waals surface area contributed by atoms with Crippen LogP contribution >= 0.6 is 0 Å². The fourth-order valence-corrected chi connectivity index (χ4v) is 5.96. The molecule has 0 atom stereocenters. The lowest BCUT2D eigenvalue weighted by molar-refractivity contribution is 0.220. The first-order valence-corrected chi connectivity index (χ1v) is 13.1. The third-order valence-corrected chi connectivity index (χ3v) is 8.59. The molecule has 0 unspecified atom stereocenters. The first kappa shape index (κ1) is 22.9. The van der Waals surface area contributed by atoms with Crippen molar-refractivity contribution in [1.29, 1.82) is 0 Å². The lowest BCUT2D eigenvalue weighted by atomic mass is 9.87. The summed E-state index contributed by atoms with van der Waals surface area (Å²) in [6.07, 6.45) is 10.8. The van der Waals surface area contributed by atoms with Crippen molar-refractivity contribution in [3.63, 3.8) is 0 Å². The molecule has 1 aliphatic heterocycles. The number of nitrogens with one attached hydrogen (secondary N) is 2. The fraction of sp³-hybridized carbons (Fsp3) is 0.478. The summed E-state index contributed by atoms with van der Waals surface area (Å²) in [5.74, 6) is 0.554. The maximum atomic E-state index is 12.8. The maximum absolute atomic E-state index is 12.8. The van der Waals surface area contributed by atoms with Crippen molar-refractivity contribution in [3.05, 3.63) is 48.5 Å². The van der Waals surface area contributed by atoms with Crippen molar-refractivity contribution < 1.29 is 8.42 Å². The lowest BCUT2D eigenvalue weighted by Gasteiger charge is -2.35. The number of hydrogen-bond acceptors (Lipinski definition) is 8. The van der Waals surface area contributed by atoms with E-state index in [0.717, 1.165) is 29.7 Å². The standard InChI is InChI=1S/C23H30N8O2S/c1-16-13-26-23(29-22(16)17-14-27-31(15-17)20-11-19(12-20)24-2)28-18-6-9-30(10-7-18)34(32,33)21-5-3-4-8-25-21/h3-5,8,13-15,18-20,24H,6-7,9-12H2,1-2H3,(H,26,28,29). The van der Waals surface area contributed by atoms with Crippen LogP contribution in [0.1, 0.15) is 37.3 Å². The van der Waals surface area contributed by atoms with Crippen LogP contribution < -0.4 is 10.6 Å². The van der Waals surface area contributed by atoms with E-state index in [4.69, 9.17) is 4.98 Å². The normalized spacial score (nSPS) is 21.8. The Bertz CT molecular complexity index is 1230. The van der Waals surface area contributed by atoms with Crippen LogP contribution in [0.2, 0.25) is 0 Å². The number of hydrogen-bond donors (Lipinski definition) is 2. The van der Waals surface area contributed by atoms with E-state index in [1.165, 1.54) is 16.6 Å². The Hall–Kier alpha value is -2.89. The fourth-order valence-electron chi connectivity index (χ4n) is 4.56. The van der Waals surface area contributed by atoms with Gasteiger partial charge in [0.1, 0.15) is 0 Å². The van der Waals surface area contributed by atoms with E-state index in [2.05, 4.69) is 31.9 Å². The molecule has 1 aliphatic carbocycles. The molecule has 2 aliphatic rings. The molecule has 0 spiro atoms. The second-order valence-corrected chi connectivity index (χ2v) is 10.9. The molecule has 4 heterocycles. The molecule has 180 valence electrons. The SMILES string of the molecule is CNC1CC(n2cc(-c3nc(NC4CCN(S(=O)(=O)c5ccccn5)CC4)ncc3C)cn2)C1. The summed E-state index contributed by atoms with van der Waals surface area (Å²) in [7, 11) is -1.57. The van der Waals surface area contributed by atoms with Crippen LogP contribution in [0.15, 0.2) is 48.0 Å². The Morgan fingerprint density at radius 3 is 2.56 bits per heavy atom. The number of anilines is 1. The van der Waals surface area contributed by atoms with Crippen LogP contribution in [-0.4, -0.2) is 69.7 Å². The monoisotopic (exact) mass is 482 g/mol. The predicted molar refractivity (Wildman–Crippen MR) is 129 cm³/mol. The quantitative estimate of drug-likeness (QED) is 0.526. The number of nitrogens with zero attached hydrogens (tertiary/aromatic N) is 6. The Morgan fingerprint density at radius 2 is 1.85 bits per heavy atom. The van der Waals surface area contributed by atoms with E-state index in [0.29, 0.717) is 44.0 Å². The smallest absolute Gasteiger partial charge is 0.260 e. The zero-order chi connectivity index (χ0) is 23.7. The molecule has 2 fully saturated rings. The molecule has 3 aromatic heterocycles. The number of sulfonamides is 1. The van der Waals surface area contributed by atoms with Crippen LogP contribution in [0.4, 0.5) is 5.95 Å². The predicted octanol–water partition coefficient (Wildman–Crippen LogP) is 2.23. The Kier molecular flexibility index (Phi) is 6.32. The van der Waals surface area contributed by atoms with Gasteiger partial charge in [0.05, 0.1) is 17.9 Å². The van der Waals surface area contributed by atoms with Crippen molar-refractivity contribution >= 4 is 16.0 Å². The minimum absolute atomic E-state index is 0.0943. The largest absolute Gasteiger partial charge is 0.351 e. The Morgan fingerprint density at radius 1 is 1.06 bits per heavy atom. The lowest BCUT2D eigenvalue weighted by Crippen LogP contribution is -2.42. The van der Waals surface area contributed by atoms with Crippen molar-refractivity contribution in [3.8, 4) is 11.3 Å². The van der Waals surface area contributed by atoms with Crippen molar-refractivity contribution in [2.24, 2.45) is 0 Å². The second kappa shape index (κ2) is 9.40. The molecule has 1 saturated heterocycles. The topological polar surface area (TPSA) is 118 Å². The summed E-state index contributed by atoms with van der Waals surface area (Å²) in [5.41, 5.74) is 2.83. The average molecular weight is 483 g/mol. The number of pyridine rings is 1. The van der Waals surface area contributed by atoms with E-state index in [1.807, 2.05) is 31.0 Å². The summed E-state index contributed by atoms with van der Waals surface area (Å²) in [5, 5.41) is 11.4. The van der Waals surface area contributed by atoms with E-state index in [1.54, 1.807) is 12.1 Å². The Balaban J connectivity index is 1.23. The van der Waals surface area contributed by atoms with Gasteiger partial charge in [0.2, 0.25) is 5.95 Å². The first-order valence-electron chi connectivity index (χ1n) is 11.7. The average Bonchev–Trinajstić information content (AvgIpc) is 3.30. The van der Waals surface area contributed by atoms with E-state index < -0.39 is 10.0 Å². The summed E-state index contributed by atoms with van der Waals surface area (Å²) < 4.78 is 29.2. The van der Waals surface area contributed by atoms with Gasteiger partial charge in [0.25, 0.3) is 10.0 Å². The number of rotatable bonds is 7. The highest BCUT2D eigenvalue weighted by Crippen LogP contribution is 2.33.